The third kappa shape index (κ3) is 5.74. The van der Waals surface area contributed by atoms with Gasteiger partial charge in [0.1, 0.15) is 0 Å². The molecule has 27 heavy (non-hydrogen) atoms. The second kappa shape index (κ2) is 8.80. The molecule has 0 aromatic heterocycles. The van der Waals surface area contributed by atoms with E-state index in [2.05, 4.69) is 5.71 Å². The van der Waals surface area contributed by atoms with Gasteiger partial charge in [-0.15, -0.1) is 0 Å². The van der Waals surface area contributed by atoms with Gasteiger partial charge in [-0.1, -0.05) is 0 Å². The van der Waals surface area contributed by atoms with Gasteiger partial charge in [0.05, 0.1) is 0 Å². The van der Waals surface area contributed by atoms with Crippen molar-refractivity contribution in [1.82, 2.24) is 0 Å². The number of ketones is 1. The number of phenols is 1. The van der Waals surface area contributed by atoms with E-state index in [1.807, 2.05) is 65.0 Å². The molecule has 0 aliphatic carbocycles. The number of phenolic OH excluding ortho intramolecular Hbond substituents is 1. The van der Waals surface area contributed by atoms with Crippen LogP contribution in [0.3, 0.4) is 0 Å². The first-order valence-electron chi connectivity index (χ1n) is 9.16. The molecule has 4 heteroatoms. The maximum atomic E-state index is 12.5. The van der Waals surface area contributed by atoms with Gasteiger partial charge in [-0.05, 0) is 0 Å². The summed E-state index contributed by atoms with van der Waals surface area (Å²) in [6.07, 6.45) is 3.32. The summed E-state index contributed by atoms with van der Waals surface area (Å²) in [5, 5.41) is 10.4. The molecular weight excluding hydrogens is 399 g/mol. The first kappa shape index (κ1) is 21.3. The van der Waals surface area contributed by atoms with Gasteiger partial charge in [-0.3, -0.25) is 0 Å². The molecule has 0 saturated carbocycles. The van der Waals surface area contributed by atoms with E-state index in [4.69, 9.17) is 4.74 Å². The normalized spacial score (nSPS) is 12.4. The maximum absolute atomic E-state index is 12.5. The zero-order valence-corrected chi connectivity index (χ0v) is 19.1. The SMILES string of the molecule is C[AsH]c1ccc(C(=O)/C=C/c2cc(C(C)(C)C)c(O)cc2OC(C)C)cc1. The number of carbonyl (C=O) groups is 1. The van der Waals surface area contributed by atoms with Crippen molar-refractivity contribution >= 4 is 32.0 Å². The number of allylic oxidation sites excluding steroid dienone is 1. The van der Waals surface area contributed by atoms with Crippen LogP contribution in [0.2, 0.25) is 5.71 Å². The van der Waals surface area contributed by atoms with Crippen LogP contribution in [0.5, 0.6) is 11.5 Å². The zero-order chi connectivity index (χ0) is 20.2. The van der Waals surface area contributed by atoms with Crippen LogP contribution in [0.15, 0.2) is 42.5 Å². The number of carbonyl (C=O) groups excluding carboxylic acids is 1. The van der Waals surface area contributed by atoms with Gasteiger partial charge in [-0.2, -0.15) is 0 Å². The molecule has 0 aliphatic rings. The number of benzene rings is 2. The Morgan fingerprint density at radius 3 is 2.30 bits per heavy atom. The van der Waals surface area contributed by atoms with Crippen molar-refractivity contribution in [3.8, 4) is 11.5 Å². The van der Waals surface area contributed by atoms with E-state index < -0.39 is 0 Å². The standard InChI is InChI=1S/C23H29AsO3/c1-15(2)27-22-14-21(26)19(23(3,4)5)13-17(22)9-12-20(25)16-7-10-18(24-6)11-8-16/h7-15,24,26H,1-6H3/b12-9+. The van der Waals surface area contributed by atoms with Crippen molar-refractivity contribution in [1.29, 1.82) is 0 Å². The summed E-state index contributed by atoms with van der Waals surface area (Å²) < 4.78 is 7.17. The third-order valence-electron chi connectivity index (χ3n) is 4.17. The summed E-state index contributed by atoms with van der Waals surface area (Å²) in [5.41, 5.74) is 4.28. The summed E-state index contributed by atoms with van der Waals surface area (Å²) in [5.74, 6) is 0.741. The Kier molecular flexibility index (Phi) is 6.94. The number of aromatic hydroxyl groups is 1. The Balaban J connectivity index is 2.38. The summed E-state index contributed by atoms with van der Waals surface area (Å²) in [6, 6.07) is 11.4. The van der Waals surface area contributed by atoms with E-state index in [0.717, 1.165) is 11.1 Å². The molecular formula is C23H29AsO3. The molecule has 0 aliphatic heterocycles. The Labute approximate surface area is 169 Å². The predicted molar refractivity (Wildman–Crippen MR) is 115 cm³/mol. The molecule has 2 aromatic rings. The molecule has 0 radical (unpaired) electrons. The molecule has 0 saturated heterocycles. The molecule has 2 aromatic carbocycles. The average molecular weight is 428 g/mol. The zero-order valence-electron chi connectivity index (χ0n) is 17.0. The van der Waals surface area contributed by atoms with E-state index >= 15 is 0 Å². The molecule has 2 rings (SSSR count). The first-order chi connectivity index (χ1) is 12.6. The fourth-order valence-corrected chi connectivity index (χ4v) is 3.78. The van der Waals surface area contributed by atoms with Crippen LogP contribution < -0.4 is 9.09 Å². The van der Waals surface area contributed by atoms with E-state index in [0.29, 0.717) is 11.3 Å². The van der Waals surface area contributed by atoms with Crippen LogP contribution in [-0.4, -0.2) is 32.7 Å². The van der Waals surface area contributed by atoms with Gasteiger partial charge >= 0.3 is 169 Å². The molecule has 0 bridgehead atoms. The Hall–Kier alpha value is -1.99. The van der Waals surface area contributed by atoms with Gasteiger partial charge in [-0.25, -0.2) is 0 Å². The summed E-state index contributed by atoms with van der Waals surface area (Å²) in [4.78, 5) is 12.5. The van der Waals surface area contributed by atoms with Crippen molar-refractivity contribution in [2.75, 3.05) is 0 Å². The van der Waals surface area contributed by atoms with Crippen LogP contribution in [0.25, 0.3) is 6.08 Å². The summed E-state index contributed by atoms with van der Waals surface area (Å²) in [7, 11) is 0. The van der Waals surface area contributed by atoms with Gasteiger partial charge in [0.25, 0.3) is 0 Å². The van der Waals surface area contributed by atoms with E-state index in [9.17, 15) is 9.90 Å². The quantitative estimate of drug-likeness (QED) is 0.419. The topological polar surface area (TPSA) is 46.5 Å². The van der Waals surface area contributed by atoms with Crippen molar-refractivity contribution in [3.05, 3.63) is 59.2 Å². The minimum atomic E-state index is -0.216. The molecule has 1 atom stereocenters. The molecule has 0 amide bonds. The van der Waals surface area contributed by atoms with Crippen LogP contribution >= 0.6 is 0 Å². The van der Waals surface area contributed by atoms with Crippen LogP contribution in [0.1, 0.15) is 56.1 Å². The third-order valence-corrected chi connectivity index (χ3v) is 6.08. The first-order valence-corrected chi connectivity index (χ1v) is 12.3. The summed E-state index contributed by atoms with van der Waals surface area (Å²) in [6.45, 7) is 10.0. The van der Waals surface area contributed by atoms with Crippen molar-refractivity contribution < 1.29 is 14.6 Å². The van der Waals surface area contributed by atoms with Crippen LogP contribution in [0.4, 0.5) is 0 Å². The van der Waals surface area contributed by atoms with Gasteiger partial charge in [0.15, 0.2) is 0 Å². The molecule has 0 spiro atoms. The predicted octanol–water partition coefficient (Wildman–Crippen LogP) is 4.48. The second-order valence-corrected chi connectivity index (χ2v) is 10.1. The molecule has 1 unspecified atom stereocenters. The molecule has 0 fully saturated rings. The van der Waals surface area contributed by atoms with Gasteiger partial charge < -0.3 is 0 Å². The van der Waals surface area contributed by atoms with Gasteiger partial charge in [0, 0.05) is 0 Å². The second-order valence-electron chi connectivity index (χ2n) is 7.85. The molecule has 0 heterocycles. The minimum absolute atomic E-state index is 0.0296. The van der Waals surface area contributed by atoms with Crippen LogP contribution in [0, 0.1) is 0 Å². The fourth-order valence-electron chi connectivity index (χ4n) is 2.74. The van der Waals surface area contributed by atoms with E-state index in [-0.39, 0.29) is 38.8 Å². The molecule has 144 valence electrons. The number of ether oxygens (including phenoxy) is 1. The van der Waals surface area contributed by atoms with E-state index in [1.54, 1.807) is 18.2 Å². The number of hydrogen-bond acceptors (Lipinski definition) is 3. The van der Waals surface area contributed by atoms with E-state index in [1.165, 1.54) is 4.35 Å². The average Bonchev–Trinajstić information content (AvgIpc) is 2.59. The van der Waals surface area contributed by atoms with Crippen LogP contribution in [-0.2, 0) is 5.41 Å². The molecule has 3 nitrogen and oxygen atoms in total. The monoisotopic (exact) mass is 428 g/mol. The Morgan fingerprint density at radius 1 is 1.15 bits per heavy atom. The Morgan fingerprint density at radius 2 is 1.78 bits per heavy atom. The molecule has 1 N–H and O–H groups in total. The number of hydrogen-bond donors (Lipinski definition) is 1. The summed E-state index contributed by atoms with van der Waals surface area (Å²) >= 11 is -0.0947. The van der Waals surface area contributed by atoms with Crippen molar-refractivity contribution in [3.63, 3.8) is 0 Å². The van der Waals surface area contributed by atoms with Crippen molar-refractivity contribution in [2.24, 2.45) is 0 Å². The van der Waals surface area contributed by atoms with Crippen molar-refractivity contribution in [2.45, 2.75) is 51.8 Å². The number of rotatable bonds is 6. The fraction of sp³-hybridized carbons (Fsp3) is 0.348. The van der Waals surface area contributed by atoms with Gasteiger partial charge in [0.2, 0.25) is 0 Å². The Bertz CT molecular complexity index is 828.